The van der Waals surface area contributed by atoms with Crippen LogP contribution in [0.15, 0.2) is 97.4 Å². The van der Waals surface area contributed by atoms with Gasteiger partial charge in [0.1, 0.15) is 12.1 Å². The molecule has 254 valence electrons. The molecule has 2 aromatic rings. The third-order valence-electron chi connectivity index (χ3n) is 16.7. The molecule has 2 saturated carbocycles. The Kier molecular flexibility index (Phi) is 5.92. The van der Waals surface area contributed by atoms with Crippen LogP contribution in [0.4, 0.5) is 11.4 Å². The van der Waals surface area contributed by atoms with Crippen LogP contribution >= 0.6 is 0 Å². The molecule has 11 rings (SSSR count). The van der Waals surface area contributed by atoms with Crippen LogP contribution in [0.25, 0.3) is 0 Å². The van der Waals surface area contributed by atoms with Crippen molar-refractivity contribution in [3.05, 3.63) is 109 Å². The number of para-hydroxylation sites is 2. The maximum atomic E-state index is 10.5. The first-order chi connectivity index (χ1) is 24.0. The van der Waals surface area contributed by atoms with Gasteiger partial charge in [0.05, 0.1) is 62.2 Å². The highest BCUT2D eigenvalue weighted by molar-refractivity contribution is 5.76. The first kappa shape index (κ1) is 29.6. The molecule has 2 aliphatic carbocycles. The lowest BCUT2D eigenvalue weighted by Crippen LogP contribution is -2.70. The molecule has 2 spiro atoms. The van der Waals surface area contributed by atoms with Gasteiger partial charge in [0.15, 0.2) is 0 Å². The number of fused-ring (bicyclic) bond motifs is 8. The van der Waals surface area contributed by atoms with Crippen LogP contribution in [0.2, 0.25) is 0 Å². The van der Waals surface area contributed by atoms with Crippen LogP contribution in [-0.2, 0) is 10.8 Å². The number of hydrogen-bond donors (Lipinski definition) is 1. The molecule has 12 atom stereocenters. The average Bonchev–Trinajstić information content (AvgIpc) is 3.81. The van der Waals surface area contributed by atoms with E-state index in [1.54, 1.807) is 22.3 Å². The molecule has 2 aromatic carbocycles. The quantitative estimate of drug-likeness (QED) is 0.267. The Labute approximate surface area is 293 Å². The highest BCUT2D eigenvalue weighted by Crippen LogP contribution is 2.70. The summed E-state index contributed by atoms with van der Waals surface area (Å²) in [6.45, 7) is 18.5. The molecule has 4 bridgehead atoms. The number of anilines is 2. The van der Waals surface area contributed by atoms with Gasteiger partial charge in [0.2, 0.25) is 0 Å². The van der Waals surface area contributed by atoms with Gasteiger partial charge in [-0.3, -0.25) is 0 Å². The number of aliphatic hydroxyl groups excluding tert-OH is 1. The Morgan fingerprint density at radius 2 is 1.24 bits per heavy atom. The maximum Gasteiger partial charge on any atom is 0.102 e. The van der Waals surface area contributed by atoms with Crippen molar-refractivity contribution >= 4 is 11.4 Å². The van der Waals surface area contributed by atoms with Crippen LogP contribution in [0.1, 0.15) is 56.6 Å². The summed E-state index contributed by atoms with van der Waals surface area (Å²) in [5, 5.41) is 10.5. The molecule has 5 heteroatoms. The van der Waals surface area contributed by atoms with Crippen molar-refractivity contribution in [1.82, 2.24) is 0 Å². The van der Waals surface area contributed by atoms with Crippen molar-refractivity contribution in [2.24, 2.45) is 23.7 Å². The number of rotatable bonds is 7. The van der Waals surface area contributed by atoms with Crippen LogP contribution in [0.5, 0.6) is 0 Å². The van der Waals surface area contributed by atoms with Gasteiger partial charge in [-0.15, -0.1) is 0 Å². The standard InChI is InChI=1S/C44H54N4O/c1-4-18-47-20-16-43-35-11-7-10-14-38(35)46-26-34-32-24-40-44(17-21-48(40,19-5-2)28-30(32)15-22-49)36-12-8-9-13-37(36)45(42(34)44)25-33(41(43)46)31(23-39(43)47)29(6-3)27-47/h4-5,7-14,25-26,29-32,39-42,49H,1-2,6,15-24,27-28H2,3H3/q+2/b33-25-,34-26?/t29-,30-,31+,32?,39+,40?,41+,42+,43-,44-,47?,48?/m1/s1. The number of benzene rings is 2. The second-order valence-electron chi connectivity index (χ2n) is 17.8. The molecule has 7 heterocycles. The average molecular weight is 655 g/mol. The molecule has 4 saturated heterocycles. The predicted molar refractivity (Wildman–Crippen MR) is 197 cm³/mol. The zero-order valence-electron chi connectivity index (χ0n) is 29.4. The van der Waals surface area contributed by atoms with Crippen molar-refractivity contribution in [3.63, 3.8) is 0 Å². The van der Waals surface area contributed by atoms with Gasteiger partial charge in [-0.05, 0) is 71.2 Å². The molecule has 0 amide bonds. The van der Waals surface area contributed by atoms with Crippen molar-refractivity contribution in [3.8, 4) is 0 Å². The molecule has 9 aliphatic rings. The highest BCUT2D eigenvalue weighted by atomic mass is 16.3. The number of nitrogens with zero attached hydrogens (tertiary/aromatic N) is 4. The van der Waals surface area contributed by atoms with E-state index in [1.165, 1.54) is 74.1 Å². The van der Waals surface area contributed by atoms with Crippen molar-refractivity contribution in [2.45, 2.75) is 80.4 Å². The minimum atomic E-state index is 0.101. The Balaban J connectivity index is 1.20. The van der Waals surface area contributed by atoms with Crippen molar-refractivity contribution in [1.29, 1.82) is 0 Å². The van der Waals surface area contributed by atoms with Gasteiger partial charge in [0, 0.05) is 67.9 Å². The Hall–Kier alpha value is -3.12. The predicted octanol–water partition coefficient (Wildman–Crippen LogP) is 6.66. The van der Waals surface area contributed by atoms with E-state index in [0.717, 1.165) is 24.0 Å². The summed E-state index contributed by atoms with van der Waals surface area (Å²) in [5.74, 6) is 2.29. The first-order valence-corrected chi connectivity index (χ1v) is 19.7. The first-order valence-electron chi connectivity index (χ1n) is 19.7. The fourth-order valence-electron chi connectivity index (χ4n) is 15.4. The third kappa shape index (κ3) is 3.23. The van der Waals surface area contributed by atoms with E-state index < -0.39 is 0 Å². The molecule has 5 nitrogen and oxygen atoms in total. The van der Waals surface area contributed by atoms with Crippen molar-refractivity contribution in [2.75, 3.05) is 55.7 Å². The van der Waals surface area contributed by atoms with Gasteiger partial charge in [-0.25, -0.2) is 0 Å². The summed E-state index contributed by atoms with van der Waals surface area (Å²) < 4.78 is 2.41. The highest BCUT2D eigenvalue weighted by Gasteiger charge is 2.75. The van der Waals surface area contributed by atoms with Crippen LogP contribution < -0.4 is 9.80 Å². The molecule has 0 radical (unpaired) electrons. The molecule has 4 unspecified atom stereocenters. The fraction of sp³-hybridized carbons (Fsp3) is 0.545. The molecule has 0 aromatic heterocycles. The van der Waals surface area contributed by atoms with E-state index in [-0.39, 0.29) is 17.4 Å². The zero-order chi connectivity index (χ0) is 32.9. The maximum absolute atomic E-state index is 10.5. The summed E-state index contributed by atoms with van der Waals surface area (Å²) in [4.78, 5) is 5.75. The minimum absolute atomic E-state index is 0.101. The fourth-order valence-corrected chi connectivity index (χ4v) is 15.4. The van der Waals surface area contributed by atoms with Crippen molar-refractivity contribution < 1.29 is 14.1 Å². The normalized spacial score (nSPS) is 46.4. The second-order valence-corrected chi connectivity index (χ2v) is 17.8. The van der Waals surface area contributed by atoms with Crippen LogP contribution in [0.3, 0.4) is 0 Å². The second kappa shape index (κ2) is 9.80. The lowest BCUT2D eigenvalue weighted by molar-refractivity contribution is -0.946. The number of quaternary nitrogens is 2. The molecule has 1 N–H and O–H groups in total. The lowest BCUT2D eigenvalue weighted by Gasteiger charge is -2.60. The van der Waals surface area contributed by atoms with Gasteiger partial charge < -0.3 is 23.9 Å². The van der Waals surface area contributed by atoms with E-state index in [1.807, 2.05) is 0 Å². The summed E-state index contributed by atoms with van der Waals surface area (Å²) in [6.07, 6.45) is 17.2. The van der Waals surface area contributed by atoms with Gasteiger partial charge in [0.25, 0.3) is 0 Å². The summed E-state index contributed by atoms with van der Waals surface area (Å²) in [5.41, 5.74) is 9.80. The smallest absolute Gasteiger partial charge is 0.102 e. The third-order valence-corrected chi connectivity index (χ3v) is 16.7. The Morgan fingerprint density at radius 1 is 0.755 bits per heavy atom. The van der Waals surface area contributed by atoms with E-state index in [2.05, 4.69) is 103 Å². The molecule has 7 aliphatic heterocycles. The molecule has 49 heavy (non-hydrogen) atoms. The molecule has 6 fully saturated rings. The monoisotopic (exact) mass is 654 g/mol. The van der Waals surface area contributed by atoms with Crippen LogP contribution in [0, 0.1) is 23.7 Å². The topological polar surface area (TPSA) is 26.7 Å². The molecular weight excluding hydrogens is 601 g/mol. The lowest BCUT2D eigenvalue weighted by atomic mass is 9.54. The van der Waals surface area contributed by atoms with Gasteiger partial charge in [-0.2, -0.15) is 0 Å². The number of aliphatic hydroxyl groups is 1. The van der Waals surface area contributed by atoms with E-state index in [9.17, 15) is 5.11 Å². The van der Waals surface area contributed by atoms with E-state index in [0.29, 0.717) is 47.8 Å². The van der Waals surface area contributed by atoms with Crippen LogP contribution in [-0.4, -0.2) is 84.1 Å². The summed E-state index contributed by atoms with van der Waals surface area (Å²) in [7, 11) is 0. The van der Waals surface area contributed by atoms with Gasteiger partial charge >= 0.3 is 0 Å². The van der Waals surface area contributed by atoms with Gasteiger partial charge in [-0.1, -0.05) is 56.5 Å². The SMILES string of the molecule is C=CC[N+]12CC[C@@]34c5ccccc5N5/C=C6/[C@H]7C[C@H]8[C@@]9(CC[N+]8(CC=C)C[C@H]7CC)c7ccccc7N(C=C(C(CC31)[C@H](CCO)C2)[C@H]54)[C@@H]69. The number of piperidine rings is 2. The minimum Gasteiger partial charge on any atom is -0.396 e. The van der Waals surface area contributed by atoms with E-state index in [4.69, 9.17) is 0 Å². The Bertz CT molecular complexity index is 1850. The van der Waals surface area contributed by atoms with E-state index >= 15 is 0 Å². The largest absolute Gasteiger partial charge is 0.396 e. The Morgan fingerprint density at radius 3 is 1.73 bits per heavy atom. The zero-order valence-corrected chi connectivity index (χ0v) is 29.4. The summed E-state index contributed by atoms with van der Waals surface area (Å²) in [6, 6.07) is 21.2. The summed E-state index contributed by atoms with van der Waals surface area (Å²) >= 11 is 0. The number of hydrogen-bond acceptors (Lipinski definition) is 3. The molecular formula is C44H54N4O+2.